The highest BCUT2D eigenvalue weighted by molar-refractivity contribution is 5.87. The van der Waals surface area contributed by atoms with E-state index in [1.165, 1.54) is 128 Å². The predicted octanol–water partition coefficient (Wildman–Crippen LogP) is 11.9. The number of allylic oxidation sites excluding steroid dienone is 1. The first-order valence-electron chi connectivity index (χ1n) is 17.1. The van der Waals surface area contributed by atoms with Crippen molar-refractivity contribution in [2.24, 2.45) is 0 Å². The number of rotatable bonds is 27. The van der Waals surface area contributed by atoms with E-state index < -0.39 is 5.97 Å². The number of carboxylic acid groups (broad SMARTS) is 1. The van der Waals surface area contributed by atoms with Crippen molar-refractivity contribution in [1.82, 2.24) is 0 Å². The number of carboxylic acids is 1. The first kappa shape index (κ1) is 40.6. The van der Waals surface area contributed by atoms with Gasteiger partial charge in [0.1, 0.15) is 6.10 Å². The monoisotopic (exact) mass is 565 g/mol. The molecule has 0 aliphatic carbocycles. The van der Waals surface area contributed by atoms with Crippen LogP contribution in [0.4, 0.5) is 0 Å². The standard InChI is InChI=1S/C22H42O2.C14H26O2/c1-5-7-9-11-12-13-15-17-19-21(24-22(23)20(3)4)18-16-14-10-8-6-2;1-3-4-5-6-7-8-9-10-11-12-13(2)14(15)16/h21H,3,5-19H2,1-2,4H3;12H,3-11H2,1-2H3,(H,15,16). The van der Waals surface area contributed by atoms with Gasteiger partial charge in [0, 0.05) is 11.1 Å². The summed E-state index contributed by atoms with van der Waals surface area (Å²) in [5.41, 5.74) is 0.991. The minimum absolute atomic E-state index is 0.0934. The minimum atomic E-state index is -0.792. The molecule has 0 aliphatic rings. The lowest BCUT2D eigenvalue weighted by Crippen LogP contribution is -2.18. The molecule has 4 heteroatoms. The average molecular weight is 565 g/mol. The summed E-state index contributed by atoms with van der Waals surface area (Å²) in [6.45, 7) is 13.8. The molecule has 0 aromatic rings. The zero-order chi connectivity index (χ0) is 30.3. The summed E-state index contributed by atoms with van der Waals surface area (Å²) in [5, 5.41) is 8.64. The average Bonchev–Trinajstić information content (AvgIpc) is 2.93. The van der Waals surface area contributed by atoms with Crippen LogP contribution in [0.1, 0.15) is 189 Å². The largest absolute Gasteiger partial charge is 0.478 e. The van der Waals surface area contributed by atoms with Crippen molar-refractivity contribution >= 4 is 11.9 Å². The Morgan fingerprint density at radius 2 is 0.975 bits per heavy atom. The zero-order valence-corrected chi connectivity index (χ0v) is 27.5. The second-order valence-corrected chi connectivity index (χ2v) is 11.7. The minimum Gasteiger partial charge on any atom is -0.478 e. The van der Waals surface area contributed by atoms with E-state index >= 15 is 0 Å². The smallest absolute Gasteiger partial charge is 0.333 e. The third-order valence-corrected chi connectivity index (χ3v) is 7.48. The fourth-order valence-corrected chi connectivity index (χ4v) is 4.68. The Morgan fingerprint density at radius 1 is 0.625 bits per heavy atom. The number of carbonyl (C=O) groups is 2. The first-order chi connectivity index (χ1) is 19.3. The van der Waals surface area contributed by atoms with Crippen molar-refractivity contribution < 1.29 is 19.4 Å². The van der Waals surface area contributed by atoms with Gasteiger partial charge in [-0.2, -0.15) is 0 Å². The van der Waals surface area contributed by atoms with E-state index in [1.807, 2.05) is 6.08 Å². The molecular weight excluding hydrogens is 496 g/mol. The van der Waals surface area contributed by atoms with E-state index in [9.17, 15) is 9.59 Å². The zero-order valence-electron chi connectivity index (χ0n) is 27.5. The molecule has 0 heterocycles. The topological polar surface area (TPSA) is 63.6 Å². The number of carbonyl (C=O) groups excluding carboxylic acids is 1. The molecule has 1 N–H and O–H groups in total. The van der Waals surface area contributed by atoms with Crippen LogP contribution in [-0.4, -0.2) is 23.1 Å². The van der Waals surface area contributed by atoms with Crippen LogP contribution in [0.2, 0.25) is 0 Å². The fraction of sp³-hybridized carbons (Fsp3) is 0.833. The van der Waals surface area contributed by atoms with Crippen LogP contribution >= 0.6 is 0 Å². The lowest BCUT2D eigenvalue weighted by Gasteiger charge is -2.18. The molecule has 0 fully saturated rings. The van der Waals surface area contributed by atoms with Crippen LogP contribution in [0.15, 0.2) is 23.8 Å². The van der Waals surface area contributed by atoms with E-state index in [2.05, 4.69) is 27.4 Å². The van der Waals surface area contributed by atoms with Crippen LogP contribution in [0.5, 0.6) is 0 Å². The molecule has 1 atom stereocenters. The summed E-state index contributed by atoms with van der Waals surface area (Å²) in [4.78, 5) is 22.3. The number of hydrogen-bond acceptors (Lipinski definition) is 3. The van der Waals surface area contributed by atoms with E-state index in [4.69, 9.17) is 9.84 Å². The SMILES string of the molecule is C=C(C)C(=O)OC(CCCCCCC)CCCCCCCCCC.CCCCCCCCCCC=C(C)C(=O)O. The maximum absolute atomic E-state index is 11.8. The number of esters is 1. The van der Waals surface area contributed by atoms with Gasteiger partial charge in [0.15, 0.2) is 0 Å². The first-order valence-corrected chi connectivity index (χ1v) is 17.1. The molecule has 0 rings (SSSR count). The van der Waals surface area contributed by atoms with Gasteiger partial charge in [-0.25, -0.2) is 9.59 Å². The molecule has 236 valence electrons. The Bertz CT molecular complexity index is 622. The molecular formula is C36H68O4. The van der Waals surface area contributed by atoms with Gasteiger partial charge in [0.05, 0.1) is 0 Å². The Hall–Kier alpha value is -1.58. The molecule has 0 bridgehead atoms. The van der Waals surface area contributed by atoms with Crippen molar-refractivity contribution in [3.63, 3.8) is 0 Å². The number of aliphatic carboxylic acids is 1. The van der Waals surface area contributed by atoms with Gasteiger partial charge in [0.2, 0.25) is 0 Å². The molecule has 0 saturated heterocycles. The lowest BCUT2D eigenvalue weighted by molar-refractivity contribution is -0.145. The van der Waals surface area contributed by atoms with Gasteiger partial charge < -0.3 is 9.84 Å². The predicted molar refractivity (Wildman–Crippen MR) is 174 cm³/mol. The molecule has 0 amide bonds. The molecule has 1 unspecified atom stereocenters. The molecule has 0 aliphatic heterocycles. The van der Waals surface area contributed by atoms with Crippen LogP contribution < -0.4 is 0 Å². The highest BCUT2D eigenvalue weighted by Gasteiger charge is 2.14. The summed E-state index contributed by atoms with van der Waals surface area (Å²) in [5.74, 6) is -1.01. The number of hydrogen-bond donors (Lipinski definition) is 1. The highest BCUT2D eigenvalue weighted by atomic mass is 16.5. The van der Waals surface area contributed by atoms with Crippen LogP contribution in [-0.2, 0) is 14.3 Å². The van der Waals surface area contributed by atoms with Gasteiger partial charge in [-0.1, -0.05) is 149 Å². The fourth-order valence-electron chi connectivity index (χ4n) is 4.68. The van der Waals surface area contributed by atoms with Crippen molar-refractivity contribution in [1.29, 1.82) is 0 Å². The second kappa shape index (κ2) is 31.9. The van der Waals surface area contributed by atoms with E-state index in [1.54, 1.807) is 13.8 Å². The molecule has 40 heavy (non-hydrogen) atoms. The van der Waals surface area contributed by atoms with Gasteiger partial charge in [0.25, 0.3) is 0 Å². The summed E-state index contributed by atoms with van der Waals surface area (Å²) < 4.78 is 5.64. The van der Waals surface area contributed by atoms with E-state index in [0.29, 0.717) is 11.1 Å². The van der Waals surface area contributed by atoms with E-state index in [-0.39, 0.29) is 12.1 Å². The molecule has 4 nitrogen and oxygen atoms in total. The molecule has 0 saturated carbocycles. The van der Waals surface area contributed by atoms with Gasteiger partial charge in [-0.3, -0.25) is 0 Å². The summed E-state index contributed by atoms with van der Waals surface area (Å²) in [7, 11) is 0. The highest BCUT2D eigenvalue weighted by Crippen LogP contribution is 2.18. The Kier molecular flexibility index (Phi) is 32.4. The van der Waals surface area contributed by atoms with Crippen LogP contribution in [0.25, 0.3) is 0 Å². The normalized spacial score (nSPS) is 12.0. The summed E-state index contributed by atoms with van der Waals surface area (Å²) >= 11 is 0. The van der Waals surface area contributed by atoms with Crippen molar-refractivity contribution in [3.8, 4) is 0 Å². The van der Waals surface area contributed by atoms with Crippen molar-refractivity contribution in [3.05, 3.63) is 23.8 Å². The summed E-state index contributed by atoms with van der Waals surface area (Å²) in [6.07, 6.45) is 32.1. The molecule has 0 spiro atoms. The van der Waals surface area contributed by atoms with Gasteiger partial charge in [-0.15, -0.1) is 0 Å². The van der Waals surface area contributed by atoms with Gasteiger partial charge >= 0.3 is 11.9 Å². The quantitative estimate of drug-likeness (QED) is 0.0612. The Morgan fingerprint density at radius 3 is 1.32 bits per heavy atom. The van der Waals surface area contributed by atoms with Gasteiger partial charge in [-0.05, 0) is 52.4 Å². The van der Waals surface area contributed by atoms with Crippen LogP contribution in [0.3, 0.4) is 0 Å². The molecule has 0 aromatic carbocycles. The lowest BCUT2D eigenvalue weighted by atomic mass is 10.0. The Balaban J connectivity index is 0. The maximum atomic E-state index is 11.8. The molecule has 0 radical (unpaired) electrons. The number of ether oxygens (including phenoxy) is 1. The van der Waals surface area contributed by atoms with E-state index in [0.717, 1.165) is 25.7 Å². The molecule has 0 aromatic heterocycles. The third-order valence-electron chi connectivity index (χ3n) is 7.48. The van der Waals surface area contributed by atoms with Crippen molar-refractivity contribution in [2.75, 3.05) is 0 Å². The third kappa shape index (κ3) is 31.0. The number of unbranched alkanes of at least 4 members (excludes halogenated alkanes) is 19. The van der Waals surface area contributed by atoms with Crippen LogP contribution in [0, 0.1) is 0 Å². The van der Waals surface area contributed by atoms with Crippen molar-refractivity contribution in [2.45, 2.75) is 195 Å². The Labute approximate surface area is 249 Å². The maximum Gasteiger partial charge on any atom is 0.333 e. The second-order valence-electron chi connectivity index (χ2n) is 11.7. The summed E-state index contributed by atoms with van der Waals surface area (Å²) in [6, 6.07) is 0.